The smallest absolute Gasteiger partial charge is 0.255 e. The molecule has 1 N–H and O–H groups in total. The van der Waals surface area contributed by atoms with E-state index in [0.717, 1.165) is 28.9 Å². The zero-order valence-electron chi connectivity index (χ0n) is 20.5. The highest BCUT2D eigenvalue weighted by atomic mass is 32.2. The fourth-order valence-corrected chi connectivity index (χ4v) is 5.42. The Labute approximate surface area is 211 Å². The van der Waals surface area contributed by atoms with Crippen LogP contribution in [0.3, 0.4) is 0 Å². The fourth-order valence-electron chi connectivity index (χ4n) is 4.26. The molecule has 182 valence electrons. The van der Waals surface area contributed by atoms with Gasteiger partial charge >= 0.3 is 0 Å². The number of carbonyl (C=O) groups excluding carboxylic acids is 2. The summed E-state index contributed by atoms with van der Waals surface area (Å²) in [5.41, 5.74) is 5.47. The molecule has 0 saturated carbocycles. The fraction of sp³-hybridized carbons (Fsp3) is 0.310. The van der Waals surface area contributed by atoms with Crippen LogP contribution in [0.15, 0.2) is 66.7 Å². The third kappa shape index (κ3) is 5.88. The molecule has 0 aromatic heterocycles. The predicted octanol–water partition coefficient (Wildman–Crippen LogP) is 6.77. The molecule has 0 spiro atoms. The van der Waals surface area contributed by atoms with Gasteiger partial charge in [0.2, 0.25) is 5.91 Å². The molecule has 0 bridgehead atoms. The van der Waals surface area contributed by atoms with Crippen molar-refractivity contribution in [3.05, 3.63) is 89.0 Å². The summed E-state index contributed by atoms with van der Waals surface area (Å²) >= 11 is 1.59. The second-order valence-electron chi connectivity index (χ2n) is 8.83. The average Bonchev–Trinajstić information content (AvgIpc) is 3.26. The first-order chi connectivity index (χ1) is 17.0. The minimum Gasteiger partial charge on any atom is -0.495 e. The number of unbranched alkanes of at least 4 members (excludes halogenated alkanes) is 2. The van der Waals surface area contributed by atoms with Crippen LogP contribution >= 0.6 is 11.8 Å². The number of hydrogen-bond acceptors (Lipinski definition) is 4. The number of amides is 2. The number of aryl methyl sites for hydroxylation is 2. The monoisotopic (exact) mass is 488 g/mol. The van der Waals surface area contributed by atoms with Crippen LogP contribution in [-0.4, -0.2) is 24.7 Å². The number of rotatable bonds is 9. The summed E-state index contributed by atoms with van der Waals surface area (Å²) < 4.78 is 5.53. The van der Waals surface area contributed by atoms with Crippen molar-refractivity contribution in [1.82, 2.24) is 0 Å². The molecule has 3 aromatic rings. The first-order valence-electron chi connectivity index (χ1n) is 12.1. The molecule has 1 heterocycles. The molecular weight excluding hydrogens is 456 g/mol. The largest absolute Gasteiger partial charge is 0.495 e. The van der Waals surface area contributed by atoms with E-state index >= 15 is 0 Å². The summed E-state index contributed by atoms with van der Waals surface area (Å²) in [6.45, 7) is 4.20. The zero-order valence-corrected chi connectivity index (χ0v) is 21.4. The molecule has 1 aliphatic heterocycles. The van der Waals surface area contributed by atoms with Gasteiger partial charge < -0.3 is 10.1 Å². The number of methoxy groups -OCH3 is 1. The Morgan fingerprint density at radius 3 is 2.49 bits per heavy atom. The molecule has 1 fully saturated rings. The van der Waals surface area contributed by atoms with Gasteiger partial charge in [-0.2, -0.15) is 0 Å². The van der Waals surface area contributed by atoms with Gasteiger partial charge in [-0.1, -0.05) is 50.1 Å². The van der Waals surface area contributed by atoms with Crippen LogP contribution in [0.25, 0.3) is 0 Å². The number of nitrogens with one attached hydrogen (secondary N) is 1. The van der Waals surface area contributed by atoms with Gasteiger partial charge in [0.25, 0.3) is 5.91 Å². The van der Waals surface area contributed by atoms with E-state index in [1.165, 1.54) is 24.8 Å². The van der Waals surface area contributed by atoms with Crippen molar-refractivity contribution in [1.29, 1.82) is 0 Å². The van der Waals surface area contributed by atoms with Gasteiger partial charge in [-0.15, -0.1) is 11.8 Å². The van der Waals surface area contributed by atoms with Gasteiger partial charge in [-0.05, 0) is 72.9 Å². The molecule has 1 atom stereocenters. The lowest BCUT2D eigenvalue weighted by Crippen LogP contribution is -2.28. The quantitative estimate of drug-likeness (QED) is 0.338. The average molecular weight is 489 g/mol. The number of thioether (sulfide) groups is 1. The number of benzene rings is 3. The molecule has 4 rings (SSSR count). The molecule has 1 aliphatic rings. The molecule has 5 nitrogen and oxygen atoms in total. The maximum atomic E-state index is 12.8. The minimum absolute atomic E-state index is 0.0550. The summed E-state index contributed by atoms with van der Waals surface area (Å²) in [5, 5.41) is 2.83. The van der Waals surface area contributed by atoms with E-state index in [1.807, 2.05) is 78.6 Å². The molecule has 6 heteroatoms. The first-order valence-corrected chi connectivity index (χ1v) is 13.1. The SMILES string of the molecule is CCCCCc1ccc(C(=O)Nc2ccc([C@H]3SCC(=O)N3c3cc(C)ccc3OC)cc2)cc1. The summed E-state index contributed by atoms with van der Waals surface area (Å²) in [5.74, 6) is 1.01. The standard InChI is InChI=1S/C29H32N2O3S/c1-4-5-6-7-21-9-11-22(12-10-21)28(33)30-24-15-13-23(14-16-24)29-31(27(32)19-35-29)25-18-20(2)8-17-26(25)34-3/h8-18,29H,4-7,19H2,1-3H3,(H,30,33)/t29-/m1/s1. The highest BCUT2D eigenvalue weighted by molar-refractivity contribution is 8.00. The number of ether oxygens (including phenoxy) is 1. The second kappa shape index (κ2) is 11.5. The Kier molecular flexibility index (Phi) is 8.13. The molecule has 2 amide bonds. The predicted molar refractivity (Wildman–Crippen MR) is 144 cm³/mol. The Bertz CT molecular complexity index is 1180. The lowest BCUT2D eigenvalue weighted by atomic mass is 10.0. The van der Waals surface area contributed by atoms with E-state index in [-0.39, 0.29) is 17.2 Å². The third-order valence-corrected chi connectivity index (χ3v) is 7.41. The summed E-state index contributed by atoms with van der Waals surface area (Å²) in [7, 11) is 1.62. The van der Waals surface area contributed by atoms with Gasteiger partial charge in [0.1, 0.15) is 11.1 Å². The van der Waals surface area contributed by atoms with Crippen LogP contribution in [0.4, 0.5) is 11.4 Å². The highest BCUT2D eigenvalue weighted by Crippen LogP contribution is 2.45. The Morgan fingerprint density at radius 2 is 1.80 bits per heavy atom. The maximum Gasteiger partial charge on any atom is 0.255 e. The number of carbonyl (C=O) groups is 2. The van der Waals surface area contributed by atoms with Gasteiger partial charge in [-0.3, -0.25) is 14.5 Å². The van der Waals surface area contributed by atoms with E-state index in [4.69, 9.17) is 4.74 Å². The Hall–Kier alpha value is -3.25. The summed E-state index contributed by atoms with van der Waals surface area (Å²) in [6.07, 6.45) is 4.65. The van der Waals surface area contributed by atoms with Crippen LogP contribution in [0, 0.1) is 6.92 Å². The van der Waals surface area contributed by atoms with E-state index in [1.54, 1.807) is 18.9 Å². The van der Waals surface area contributed by atoms with Crippen molar-refractivity contribution >= 4 is 35.0 Å². The number of nitrogens with zero attached hydrogens (tertiary/aromatic N) is 1. The summed E-state index contributed by atoms with van der Waals surface area (Å²) in [4.78, 5) is 27.3. The first kappa shape index (κ1) is 24.9. The van der Waals surface area contributed by atoms with Crippen molar-refractivity contribution in [2.45, 2.75) is 44.9 Å². The van der Waals surface area contributed by atoms with Crippen molar-refractivity contribution in [3.63, 3.8) is 0 Å². The van der Waals surface area contributed by atoms with E-state index in [9.17, 15) is 9.59 Å². The molecule has 0 unspecified atom stereocenters. The van der Waals surface area contributed by atoms with Gasteiger partial charge in [-0.25, -0.2) is 0 Å². The Morgan fingerprint density at radius 1 is 1.06 bits per heavy atom. The van der Waals surface area contributed by atoms with Gasteiger partial charge in [0.05, 0.1) is 18.6 Å². The number of anilines is 2. The van der Waals surface area contributed by atoms with E-state index in [2.05, 4.69) is 12.2 Å². The van der Waals surface area contributed by atoms with Crippen LogP contribution in [-0.2, 0) is 11.2 Å². The Balaban J connectivity index is 1.45. The van der Waals surface area contributed by atoms with Crippen molar-refractivity contribution in [3.8, 4) is 5.75 Å². The normalized spacial score (nSPS) is 15.3. The zero-order chi connectivity index (χ0) is 24.8. The molecule has 0 aliphatic carbocycles. The lowest BCUT2D eigenvalue weighted by molar-refractivity contribution is -0.115. The van der Waals surface area contributed by atoms with Gasteiger partial charge in [0, 0.05) is 11.3 Å². The van der Waals surface area contributed by atoms with E-state index < -0.39 is 0 Å². The second-order valence-corrected chi connectivity index (χ2v) is 9.90. The molecule has 1 saturated heterocycles. The van der Waals surface area contributed by atoms with Crippen LogP contribution in [0.1, 0.15) is 58.6 Å². The molecule has 3 aromatic carbocycles. The third-order valence-electron chi connectivity index (χ3n) is 6.20. The van der Waals surface area contributed by atoms with Crippen molar-refractivity contribution in [2.75, 3.05) is 23.1 Å². The van der Waals surface area contributed by atoms with Crippen LogP contribution < -0.4 is 15.0 Å². The number of hydrogen-bond donors (Lipinski definition) is 1. The molecular formula is C29H32N2O3S. The summed E-state index contributed by atoms with van der Waals surface area (Å²) in [6, 6.07) is 21.4. The van der Waals surface area contributed by atoms with Crippen LogP contribution in [0.2, 0.25) is 0 Å². The maximum absolute atomic E-state index is 12.8. The lowest BCUT2D eigenvalue weighted by Gasteiger charge is -2.26. The van der Waals surface area contributed by atoms with E-state index in [0.29, 0.717) is 17.1 Å². The highest BCUT2D eigenvalue weighted by Gasteiger charge is 2.35. The molecule has 35 heavy (non-hydrogen) atoms. The van der Waals surface area contributed by atoms with Crippen molar-refractivity contribution in [2.24, 2.45) is 0 Å². The molecule has 0 radical (unpaired) electrons. The van der Waals surface area contributed by atoms with Gasteiger partial charge in [0.15, 0.2) is 0 Å². The van der Waals surface area contributed by atoms with Crippen LogP contribution in [0.5, 0.6) is 5.75 Å². The topological polar surface area (TPSA) is 58.6 Å². The minimum atomic E-state index is -0.150. The van der Waals surface area contributed by atoms with Crippen molar-refractivity contribution < 1.29 is 14.3 Å².